The Morgan fingerprint density at radius 3 is 2.72 bits per heavy atom. The molecule has 100 valence electrons. The van der Waals surface area contributed by atoms with Crippen molar-refractivity contribution in [1.82, 2.24) is 9.97 Å². The Bertz CT molecular complexity index is 412. The second-order valence-electron chi connectivity index (χ2n) is 3.69. The first kappa shape index (κ1) is 14.8. The Balaban J connectivity index is 2.81. The van der Waals surface area contributed by atoms with Crippen molar-refractivity contribution in [2.24, 2.45) is 0 Å². The van der Waals surface area contributed by atoms with E-state index in [4.69, 9.17) is 10.5 Å². The minimum atomic E-state index is -0.281. The number of thioether (sulfide) groups is 1. The van der Waals surface area contributed by atoms with Gasteiger partial charge in [0.2, 0.25) is 0 Å². The van der Waals surface area contributed by atoms with E-state index in [1.807, 2.05) is 13.8 Å². The molecule has 1 unspecified atom stereocenters. The minimum absolute atomic E-state index is 0.228. The largest absolute Gasteiger partial charge is 0.465 e. The van der Waals surface area contributed by atoms with Gasteiger partial charge in [0.1, 0.15) is 11.1 Å². The van der Waals surface area contributed by atoms with Crippen LogP contribution in [0.1, 0.15) is 32.9 Å². The van der Waals surface area contributed by atoms with E-state index in [-0.39, 0.29) is 11.2 Å². The van der Waals surface area contributed by atoms with Gasteiger partial charge in [-0.15, -0.1) is 0 Å². The van der Waals surface area contributed by atoms with Gasteiger partial charge in [0.05, 0.1) is 6.61 Å². The molecule has 0 aliphatic rings. The van der Waals surface area contributed by atoms with E-state index in [0.717, 1.165) is 12.1 Å². The molecule has 0 bridgehead atoms. The predicted molar refractivity (Wildman–Crippen MR) is 72.4 cm³/mol. The molecule has 0 aromatic carbocycles. The fourth-order valence-electron chi connectivity index (χ4n) is 1.39. The number of rotatable bonds is 6. The Labute approximate surface area is 112 Å². The smallest absolute Gasteiger partial charge is 0.319 e. The maximum Gasteiger partial charge on any atom is 0.319 e. The lowest BCUT2D eigenvalue weighted by Gasteiger charge is -2.12. The molecule has 1 rings (SSSR count). The molecular formula is C12H19N3O2S. The van der Waals surface area contributed by atoms with Gasteiger partial charge >= 0.3 is 5.97 Å². The van der Waals surface area contributed by atoms with E-state index < -0.39 is 0 Å². The standard InChI is InChI=1S/C12H19N3O2S/c1-4-8-7-10(13)15-12(14-8)18-9(5-2)11(16)17-6-3/h7,9H,4-6H2,1-3H3,(H2,13,14,15). The Kier molecular flexibility index (Phi) is 5.91. The summed E-state index contributed by atoms with van der Waals surface area (Å²) in [5.41, 5.74) is 6.58. The lowest BCUT2D eigenvalue weighted by molar-refractivity contribution is -0.142. The van der Waals surface area contributed by atoms with Crippen LogP contribution in [-0.2, 0) is 16.0 Å². The van der Waals surface area contributed by atoms with Gasteiger partial charge in [-0.05, 0) is 19.8 Å². The highest BCUT2D eigenvalue weighted by Crippen LogP contribution is 2.24. The third kappa shape index (κ3) is 4.18. The number of nitrogen functional groups attached to an aromatic ring is 1. The molecule has 0 spiro atoms. The van der Waals surface area contributed by atoms with Gasteiger partial charge in [0.25, 0.3) is 0 Å². The van der Waals surface area contributed by atoms with Gasteiger partial charge in [-0.25, -0.2) is 9.97 Å². The Hall–Kier alpha value is -1.30. The molecule has 1 atom stereocenters. The van der Waals surface area contributed by atoms with Crippen LogP contribution in [0.5, 0.6) is 0 Å². The van der Waals surface area contributed by atoms with E-state index in [1.54, 1.807) is 13.0 Å². The van der Waals surface area contributed by atoms with Crippen molar-refractivity contribution >= 4 is 23.5 Å². The number of ether oxygens (including phenoxy) is 1. The molecular weight excluding hydrogens is 250 g/mol. The van der Waals surface area contributed by atoms with Gasteiger partial charge in [0, 0.05) is 11.8 Å². The summed E-state index contributed by atoms with van der Waals surface area (Å²) < 4.78 is 5.01. The average molecular weight is 269 g/mol. The lowest BCUT2D eigenvalue weighted by atomic mass is 10.3. The van der Waals surface area contributed by atoms with Gasteiger partial charge < -0.3 is 10.5 Å². The van der Waals surface area contributed by atoms with Gasteiger partial charge in [-0.3, -0.25) is 4.79 Å². The van der Waals surface area contributed by atoms with E-state index in [1.165, 1.54) is 11.8 Å². The summed E-state index contributed by atoms with van der Waals surface area (Å²) >= 11 is 1.30. The van der Waals surface area contributed by atoms with Crippen molar-refractivity contribution in [3.05, 3.63) is 11.8 Å². The van der Waals surface area contributed by atoms with Crippen LogP contribution in [0.4, 0.5) is 5.82 Å². The summed E-state index contributed by atoms with van der Waals surface area (Å²) in [7, 11) is 0. The highest BCUT2D eigenvalue weighted by atomic mass is 32.2. The monoisotopic (exact) mass is 269 g/mol. The molecule has 1 heterocycles. The molecule has 0 aliphatic carbocycles. The number of carbonyl (C=O) groups is 1. The summed E-state index contributed by atoms with van der Waals surface area (Å²) in [5, 5.41) is 0.253. The Morgan fingerprint density at radius 1 is 1.44 bits per heavy atom. The van der Waals surface area contributed by atoms with Crippen LogP contribution in [0.2, 0.25) is 0 Å². The second-order valence-corrected chi connectivity index (χ2v) is 4.86. The zero-order valence-corrected chi connectivity index (χ0v) is 11.8. The zero-order chi connectivity index (χ0) is 13.5. The summed E-state index contributed by atoms with van der Waals surface area (Å²) in [6, 6.07) is 1.75. The van der Waals surface area contributed by atoms with Crippen molar-refractivity contribution < 1.29 is 9.53 Å². The number of anilines is 1. The third-order valence-electron chi connectivity index (χ3n) is 2.31. The van der Waals surface area contributed by atoms with Crippen molar-refractivity contribution in [3.8, 4) is 0 Å². The fourth-order valence-corrected chi connectivity index (χ4v) is 2.30. The van der Waals surface area contributed by atoms with Crippen LogP contribution in [0.3, 0.4) is 0 Å². The number of nitrogens with zero attached hydrogens (tertiary/aromatic N) is 2. The molecule has 0 saturated carbocycles. The number of aromatic nitrogens is 2. The minimum Gasteiger partial charge on any atom is -0.465 e. The van der Waals surface area contributed by atoms with Crippen LogP contribution in [0, 0.1) is 0 Å². The number of hydrogen-bond acceptors (Lipinski definition) is 6. The number of esters is 1. The molecule has 0 fully saturated rings. The van der Waals surface area contributed by atoms with Crippen molar-refractivity contribution in [2.45, 2.75) is 44.0 Å². The van der Waals surface area contributed by atoms with Crippen LogP contribution < -0.4 is 5.73 Å². The maximum atomic E-state index is 11.7. The molecule has 1 aromatic rings. The molecule has 6 heteroatoms. The van der Waals surface area contributed by atoms with Crippen molar-refractivity contribution in [3.63, 3.8) is 0 Å². The van der Waals surface area contributed by atoms with Crippen LogP contribution in [-0.4, -0.2) is 27.8 Å². The first-order valence-corrected chi connectivity index (χ1v) is 6.95. The summed E-state index contributed by atoms with van der Waals surface area (Å²) in [4.78, 5) is 20.2. The topological polar surface area (TPSA) is 78.1 Å². The third-order valence-corrected chi connectivity index (χ3v) is 3.51. The highest BCUT2D eigenvalue weighted by molar-refractivity contribution is 8.00. The molecule has 0 radical (unpaired) electrons. The van der Waals surface area contributed by atoms with Crippen LogP contribution in [0.25, 0.3) is 0 Å². The molecule has 18 heavy (non-hydrogen) atoms. The number of nitrogens with two attached hydrogens (primary N) is 1. The predicted octanol–water partition coefficient (Wildman–Crippen LogP) is 2.05. The molecule has 0 amide bonds. The Morgan fingerprint density at radius 2 is 2.17 bits per heavy atom. The number of carbonyl (C=O) groups excluding carboxylic acids is 1. The van der Waals surface area contributed by atoms with Gasteiger partial charge in [0.15, 0.2) is 5.16 Å². The quantitative estimate of drug-likeness (QED) is 0.484. The summed E-state index contributed by atoms with van der Waals surface area (Å²) in [5.74, 6) is 0.206. The van der Waals surface area contributed by atoms with E-state index in [2.05, 4.69) is 9.97 Å². The number of aryl methyl sites for hydroxylation is 1. The van der Waals surface area contributed by atoms with Gasteiger partial charge in [-0.1, -0.05) is 25.6 Å². The van der Waals surface area contributed by atoms with Crippen LogP contribution in [0.15, 0.2) is 11.2 Å². The molecule has 0 saturated heterocycles. The van der Waals surface area contributed by atoms with Gasteiger partial charge in [-0.2, -0.15) is 0 Å². The summed E-state index contributed by atoms with van der Waals surface area (Å²) in [6.07, 6.45) is 1.46. The highest BCUT2D eigenvalue weighted by Gasteiger charge is 2.20. The van der Waals surface area contributed by atoms with E-state index in [9.17, 15) is 4.79 Å². The molecule has 0 aliphatic heterocycles. The van der Waals surface area contributed by atoms with Crippen LogP contribution >= 0.6 is 11.8 Å². The molecule has 5 nitrogen and oxygen atoms in total. The van der Waals surface area contributed by atoms with Crippen molar-refractivity contribution in [2.75, 3.05) is 12.3 Å². The first-order valence-electron chi connectivity index (χ1n) is 6.07. The zero-order valence-electron chi connectivity index (χ0n) is 11.0. The normalized spacial score (nSPS) is 12.2. The maximum absolute atomic E-state index is 11.7. The summed E-state index contributed by atoms with van der Waals surface area (Å²) in [6.45, 7) is 6.11. The first-order chi connectivity index (χ1) is 8.60. The molecule has 2 N–H and O–H groups in total. The average Bonchev–Trinajstić information content (AvgIpc) is 2.35. The van der Waals surface area contributed by atoms with E-state index in [0.29, 0.717) is 24.0 Å². The number of hydrogen-bond donors (Lipinski definition) is 1. The second kappa shape index (κ2) is 7.20. The van der Waals surface area contributed by atoms with Crippen molar-refractivity contribution in [1.29, 1.82) is 0 Å². The molecule has 1 aromatic heterocycles. The fraction of sp³-hybridized carbons (Fsp3) is 0.583. The van der Waals surface area contributed by atoms with E-state index >= 15 is 0 Å². The SMILES string of the molecule is CCOC(=O)C(CC)Sc1nc(N)cc(CC)n1. The lowest BCUT2D eigenvalue weighted by Crippen LogP contribution is -2.20.